The second-order valence-corrected chi connectivity index (χ2v) is 13.2. The maximum absolute atomic E-state index is 15.4. The average Bonchev–Trinajstić information content (AvgIpc) is 3.12. The van der Waals surface area contributed by atoms with Gasteiger partial charge in [-0.05, 0) is 50.6 Å². The van der Waals surface area contributed by atoms with E-state index >= 15 is 4.11 Å². The molecule has 0 bridgehead atoms. The van der Waals surface area contributed by atoms with Crippen molar-refractivity contribution in [3.63, 3.8) is 0 Å². The molecule has 0 radical (unpaired) electrons. The summed E-state index contributed by atoms with van der Waals surface area (Å²) in [5.74, 6) is -0.909. The van der Waals surface area contributed by atoms with Crippen LogP contribution in [-0.4, -0.2) is 51.8 Å². The lowest BCUT2D eigenvalue weighted by molar-refractivity contribution is -0.146. The SMILES string of the molecule is COC(=O)CCCCN1C(=O)[C@]2(O[C@H](CCO)[C@@H]([Si](C)(C)F)[C@@H]2C)c2cc(Cl)ccc21. The summed E-state index contributed by atoms with van der Waals surface area (Å²) in [5.41, 5.74) is -0.381. The Labute approximate surface area is 188 Å². The predicted molar refractivity (Wildman–Crippen MR) is 119 cm³/mol. The minimum atomic E-state index is -3.21. The van der Waals surface area contributed by atoms with E-state index in [9.17, 15) is 14.7 Å². The molecule has 1 saturated heterocycles. The smallest absolute Gasteiger partial charge is 0.305 e. The van der Waals surface area contributed by atoms with E-state index in [1.54, 1.807) is 36.2 Å². The van der Waals surface area contributed by atoms with Gasteiger partial charge in [0.1, 0.15) is 0 Å². The van der Waals surface area contributed by atoms with Gasteiger partial charge in [-0.3, -0.25) is 9.59 Å². The number of fused-ring (bicyclic) bond motifs is 2. The van der Waals surface area contributed by atoms with E-state index in [2.05, 4.69) is 4.74 Å². The molecular weight excluding hydrogens is 441 g/mol. The van der Waals surface area contributed by atoms with Crippen LogP contribution in [-0.2, 0) is 24.7 Å². The van der Waals surface area contributed by atoms with E-state index in [-0.39, 0.29) is 31.3 Å². The molecule has 1 spiro atoms. The fourth-order valence-electron chi connectivity index (χ4n) is 5.28. The van der Waals surface area contributed by atoms with Gasteiger partial charge in [0.05, 0.1) is 18.9 Å². The molecule has 0 saturated carbocycles. The van der Waals surface area contributed by atoms with E-state index in [0.717, 1.165) is 0 Å². The van der Waals surface area contributed by atoms with Crippen LogP contribution in [0.15, 0.2) is 18.2 Å². The molecule has 1 aromatic rings. The fraction of sp³-hybridized carbons (Fsp3) is 0.636. The van der Waals surface area contributed by atoms with Gasteiger partial charge in [0.2, 0.25) is 8.41 Å². The lowest BCUT2D eigenvalue weighted by atomic mass is 9.82. The highest BCUT2D eigenvalue weighted by Gasteiger charge is 2.66. The van der Waals surface area contributed by atoms with Crippen molar-refractivity contribution in [1.82, 2.24) is 0 Å². The molecule has 2 aliphatic heterocycles. The number of ether oxygens (including phenoxy) is 2. The highest BCUT2D eigenvalue weighted by molar-refractivity contribution is 6.72. The number of anilines is 1. The van der Waals surface area contributed by atoms with Crippen molar-refractivity contribution >= 4 is 37.6 Å². The van der Waals surface area contributed by atoms with Crippen LogP contribution >= 0.6 is 11.6 Å². The van der Waals surface area contributed by atoms with Crippen molar-refractivity contribution in [3.8, 4) is 0 Å². The number of carbonyl (C=O) groups is 2. The number of benzene rings is 1. The Bertz CT molecular complexity index is 848. The lowest BCUT2D eigenvalue weighted by Crippen LogP contribution is -2.45. The summed E-state index contributed by atoms with van der Waals surface area (Å²) in [6, 6.07) is 5.27. The summed E-state index contributed by atoms with van der Waals surface area (Å²) in [4.78, 5) is 26.9. The molecule has 1 N–H and O–H groups in total. The number of hydrogen-bond acceptors (Lipinski definition) is 5. The third-order valence-corrected chi connectivity index (χ3v) is 9.27. The number of aliphatic hydroxyl groups excluding tert-OH is 1. The third kappa shape index (κ3) is 4.27. The standard InChI is InChI=1S/C22H31ClFNO5Si/c1-14-20(31(3,4)24)18(10-12-26)30-22(14)16-13-15(23)8-9-17(16)25(21(22)28)11-6-5-7-19(27)29-2/h8-9,13-14,18,20,26H,5-7,10-12H2,1-4H3/t14-,18+,20-,22+/m0/s1. The van der Waals surface area contributed by atoms with Crippen molar-refractivity contribution in [2.45, 2.75) is 62.9 Å². The summed E-state index contributed by atoms with van der Waals surface area (Å²) < 4.78 is 26.4. The molecule has 4 atom stereocenters. The van der Waals surface area contributed by atoms with Gasteiger partial charge in [-0.2, -0.15) is 0 Å². The zero-order valence-corrected chi connectivity index (χ0v) is 20.2. The van der Waals surface area contributed by atoms with Gasteiger partial charge in [-0.1, -0.05) is 18.5 Å². The second-order valence-electron chi connectivity index (χ2n) is 8.93. The molecule has 9 heteroatoms. The van der Waals surface area contributed by atoms with Gasteiger partial charge in [-0.25, -0.2) is 0 Å². The highest BCUT2D eigenvalue weighted by atomic mass is 35.5. The first-order valence-corrected chi connectivity index (χ1v) is 14.1. The minimum Gasteiger partial charge on any atom is -0.469 e. The summed E-state index contributed by atoms with van der Waals surface area (Å²) >= 11 is 6.29. The fourth-order valence-corrected chi connectivity index (χ4v) is 7.99. The van der Waals surface area contributed by atoms with Crippen LogP contribution in [0, 0.1) is 5.92 Å². The summed E-state index contributed by atoms with van der Waals surface area (Å²) in [7, 11) is -1.86. The number of halogens is 2. The Morgan fingerprint density at radius 2 is 2.10 bits per heavy atom. The molecule has 6 nitrogen and oxygen atoms in total. The van der Waals surface area contributed by atoms with Gasteiger partial charge >= 0.3 is 5.97 Å². The first kappa shape index (κ1) is 24.2. The first-order chi connectivity index (χ1) is 14.6. The number of amides is 1. The van der Waals surface area contributed by atoms with Gasteiger partial charge in [-0.15, -0.1) is 0 Å². The zero-order chi connectivity index (χ0) is 23.0. The van der Waals surface area contributed by atoms with Crippen molar-refractivity contribution < 1.29 is 28.3 Å². The molecule has 0 aromatic heterocycles. The van der Waals surface area contributed by atoms with Crippen LogP contribution in [0.2, 0.25) is 23.7 Å². The Morgan fingerprint density at radius 1 is 1.39 bits per heavy atom. The molecule has 1 amide bonds. The number of carbonyl (C=O) groups excluding carboxylic acids is 2. The zero-order valence-electron chi connectivity index (χ0n) is 18.5. The summed E-state index contributed by atoms with van der Waals surface area (Å²) in [5, 5.41) is 10.0. The van der Waals surface area contributed by atoms with E-state index < -0.39 is 31.6 Å². The van der Waals surface area contributed by atoms with Crippen molar-refractivity contribution in [2.75, 3.05) is 25.2 Å². The Kier molecular flexibility index (Phi) is 7.15. The molecule has 2 heterocycles. The van der Waals surface area contributed by atoms with E-state index in [1.807, 2.05) is 6.92 Å². The molecule has 31 heavy (non-hydrogen) atoms. The maximum atomic E-state index is 15.4. The Balaban J connectivity index is 1.96. The minimum absolute atomic E-state index is 0.137. The number of esters is 1. The van der Waals surface area contributed by atoms with Crippen LogP contribution in [0.25, 0.3) is 0 Å². The summed E-state index contributed by atoms with van der Waals surface area (Å²) in [6.45, 7) is 5.41. The normalized spacial score (nSPS) is 27.8. The first-order valence-electron chi connectivity index (χ1n) is 10.7. The number of nitrogens with zero attached hydrogens (tertiary/aromatic N) is 1. The molecular formula is C22H31ClFNO5Si. The quantitative estimate of drug-likeness (QED) is 0.266. The number of methoxy groups -OCH3 is 1. The van der Waals surface area contributed by atoms with Crippen LogP contribution in [0.4, 0.5) is 9.80 Å². The van der Waals surface area contributed by atoms with Gasteiger partial charge < -0.3 is 23.6 Å². The van der Waals surface area contributed by atoms with E-state index in [4.69, 9.17) is 16.3 Å². The topological polar surface area (TPSA) is 76.1 Å². The predicted octanol–water partition coefficient (Wildman–Crippen LogP) is 4.19. The molecule has 172 valence electrons. The van der Waals surface area contributed by atoms with E-state index in [1.165, 1.54) is 7.11 Å². The number of hydrogen-bond donors (Lipinski definition) is 1. The third-order valence-electron chi connectivity index (χ3n) is 6.58. The van der Waals surface area contributed by atoms with Crippen LogP contribution in [0.3, 0.4) is 0 Å². The molecule has 3 rings (SSSR count). The van der Waals surface area contributed by atoms with Gasteiger partial charge in [0, 0.05) is 41.6 Å². The monoisotopic (exact) mass is 471 g/mol. The maximum Gasteiger partial charge on any atom is 0.305 e. The van der Waals surface area contributed by atoms with Gasteiger partial charge in [0.25, 0.3) is 5.91 Å². The van der Waals surface area contributed by atoms with Crippen LogP contribution in [0.5, 0.6) is 0 Å². The van der Waals surface area contributed by atoms with Crippen LogP contribution < -0.4 is 4.90 Å². The van der Waals surface area contributed by atoms with Crippen LogP contribution in [0.1, 0.15) is 38.2 Å². The van der Waals surface area contributed by atoms with Crippen molar-refractivity contribution in [2.24, 2.45) is 5.92 Å². The summed E-state index contributed by atoms with van der Waals surface area (Å²) in [6.07, 6.45) is 1.22. The lowest BCUT2D eigenvalue weighted by Gasteiger charge is -2.31. The average molecular weight is 472 g/mol. The molecule has 0 unspecified atom stereocenters. The molecule has 1 aromatic carbocycles. The number of aliphatic hydroxyl groups is 1. The van der Waals surface area contributed by atoms with Crippen molar-refractivity contribution in [1.29, 1.82) is 0 Å². The number of rotatable bonds is 8. The number of unbranched alkanes of at least 4 members (excludes halogenated alkanes) is 1. The molecule has 0 aliphatic carbocycles. The van der Waals surface area contributed by atoms with Crippen molar-refractivity contribution in [3.05, 3.63) is 28.8 Å². The highest BCUT2D eigenvalue weighted by Crippen LogP contribution is 2.60. The Morgan fingerprint density at radius 3 is 2.71 bits per heavy atom. The molecule has 2 aliphatic rings. The Hall–Kier alpha value is -1.48. The second kappa shape index (κ2) is 9.17. The van der Waals surface area contributed by atoms with E-state index in [0.29, 0.717) is 35.7 Å². The largest absolute Gasteiger partial charge is 0.469 e. The van der Waals surface area contributed by atoms with Gasteiger partial charge in [0.15, 0.2) is 5.60 Å². The molecule has 1 fully saturated rings.